The maximum Gasteiger partial charge on any atom is 0.0471 e. The van der Waals surface area contributed by atoms with Crippen LogP contribution in [-0.2, 0) is 4.74 Å². The van der Waals surface area contributed by atoms with Crippen LogP contribution in [0, 0.1) is 5.41 Å². The molecule has 2 nitrogen and oxygen atoms in total. The number of hydrogen-bond acceptors (Lipinski definition) is 2. The monoisotopic (exact) mass is 183 g/mol. The Balaban J connectivity index is 1.87. The Bertz CT molecular complexity index is 153. The molecule has 2 aliphatic rings. The van der Waals surface area contributed by atoms with Gasteiger partial charge in [0, 0.05) is 19.3 Å². The van der Waals surface area contributed by atoms with Crippen molar-refractivity contribution < 1.29 is 4.74 Å². The van der Waals surface area contributed by atoms with E-state index in [1.54, 1.807) is 0 Å². The minimum Gasteiger partial charge on any atom is -0.381 e. The summed E-state index contributed by atoms with van der Waals surface area (Å²) in [7, 11) is 2.09. The van der Waals surface area contributed by atoms with E-state index in [0.717, 1.165) is 19.3 Å². The lowest BCUT2D eigenvalue weighted by molar-refractivity contribution is -0.00879. The molecule has 0 aromatic heterocycles. The molecule has 1 heterocycles. The second kappa shape index (κ2) is 3.97. The maximum atomic E-state index is 5.43. The lowest BCUT2D eigenvalue weighted by atomic mass is 9.68. The van der Waals surface area contributed by atoms with Gasteiger partial charge in [-0.1, -0.05) is 0 Å². The zero-order chi connectivity index (χ0) is 9.15. The minimum absolute atomic E-state index is 0.672. The first-order valence-electron chi connectivity index (χ1n) is 5.60. The Hall–Kier alpha value is -0.0800. The van der Waals surface area contributed by atoms with Crippen molar-refractivity contribution in [1.82, 2.24) is 5.32 Å². The van der Waals surface area contributed by atoms with Crippen molar-refractivity contribution in [3.05, 3.63) is 0 Å². The highest BCUT2D eigenvalue weighted by molar-refractivity contribution is 4.88. The van der Waals surface area contributed by atoms with Crippen molar-refractivity contribution in [2.45, 2.75) is 44.6 Å². The van der Waals surface area contributed by atoms with E-state index >= 15 is 0 Å². The van der Waals surface area contributed by atoms with E-state index in [1.165, 1.54) is 38.5 Å². The standard InChI is InChI=1S/C11H21NO/c1-12-10-2-4-11(5-3-10)6-8-13-9-7-11/h10,12H,2-9H2,1H3. The average Bonchev–Trinajstić information content (AvgIpc) is 2.20. The molecular weight excluding hydrogens is 162 g/mol. The van der Waals surface area contributed by atoms with E-state index in [-0.39, 0.29) is 0 Å². The van der Waals surface area contributed by atoms with Crippen LogP contribution in [0.15, 0.2) is 0 Å². The second-order valence-electron chi connectivity index (χ2n) is 4.68. The Kier molecular flexibility index (Phi) is 2.89. The summed E-state index contributed by atoms with van der Waals surface area (Å²) in [5, 5.41) is 3.39. The fourth-order valence-electron chi connectivity index (χ4n) is 2.82. The Morgan fingerprint density at radius 1 is 1.08 bits per heavy atom. The van der Waals surface area contributed by atoms with Gasteiger partial charge in [-0.15, -0.1) is 0 Å². The van der Waals surface area contributed by atoms with E-state index in [9.17, 15) is 0 Å². The van der Waals surface area contributed by atoms with Crippen LogP contribution in [0.4, 0.5) is 0 Å². The summed E-state index contributed by atoms with van der Waals surface area (Å²) in [6, 6.07) is 0.786. The summed E-state index contributed by atoms with van der Waals surface area (Å²) in [5.41, 5.74) is 0.672. The molecule has 0 amide bonds. The molecule has 1 spiro atoms. The van der Waals surface area contributed by atoms with Crippen LogP contribution in [0.2, 0.25) is 0 Å². The topological polar surface area (TPSA) is 21.3 Å². The van der Waals surface area contributed by atoms with E-state index in [1.807, 2.05) is 0 Å². The van der Waals surface area contributed by atoms with Crippen LogP contribution in [0.5, 0.6) is 0 Å². The first-order valence-corrected chi connectivity index (χ1v) is 5.60. The van der Waals surface area contributed by atoms with E-state index in [2.05, 4.69) is 12.4 Å². The average molecular weight is 183 g/mol. The molecule has 0 atom stereocenters. The smallest absolute Gasteiger partial charge is 0.0471 e. The van der Waals surface area contributed by atoms with Crippen LogP contribution in [0.25, 0.3) is 0 Å². The maximum absolute atomic E-state index is 5.43. The number of ether oxygens (including phenoxy) is 1. The van der Waals surface area contributed by atoms with Crippen molar-refractivity contribution in [3.63, 3.8) is 0 Å². The van der Waals surface area contributed by atoms with Crippen molar-refractivity contribution in [1.29, 1.82) is 0 Å². The van der Waals surface area contributed by atoms with E-state index < -0.39 is 0 Å². The van der Waals surface area contributed by atoms with Gasteiger partial charge < -0.3 is 10.1 Å². The van der Waals surface area contributed by atoms with Crippen LogP contribution < -0.4 is 5.32 Å². The molecule has 0 aromatic rings. The third-order valence-electron chi connectivity index (χ3n) is 4.01. The van der Waals surface area contributed by atoms with Crippen molar-refractivity contribution >= 4 is 0 Å². The Labute approximate surface area is 81.0 Å². The quantitative estimate of drug-likeness (QED) is 0.671. The van der Waals surface area contributed by atoms with Gasteiger partial charge in [-0.25, -0.2) is 0 Å². The lowest BCUT2D eigenvalue weighted by Crippen LogP contribution is -2.39. The zero-order valence-corrected chi connectivity index (χ0v) is 8.64. The van der Waals surface area contributed by atoms with Gasteiger partial charge in [-0.2, -0.15) is 0 Å². The number of hydrogen-bond donors (Lipinski definition) is 1. The molecule has 13 heavy (non-hydrogen) atoms. The summed E-state index contributed by atoms with van der Waals surface area (Å²) >= 11 is 0. The van der Waals surface area contributed by atoms with Gasteiger partial charge in [-0.05, 0) is 51.0 Å². The fourth-order valence-corrected chi connectivity index (χ4v) is 2.82. The molecule has 0 bridgehead atoms. The minimum atomic E-state index is 0.672. The van der Waals surface area contributed by atoms with E-state index in [0.29, 0.717) is 5.41 Å². The molecule has 2 heteroatoms. The second-order valence-corrected chi connectivity index (χ2v) is 4.68. The van der Waals surface area contributed by atoms with Crippen molar-refractivity contribution in [2.75, 3.05) is 20.3 Å². The third kappa shape index (κ3) is 2.05. The van der Waals surface area contributed by atoms with Crippen LogP contribution in [0.3, 0.4) is 0 Å². The van der Waals surface area contributed by atoms with Gasteiger partial charge in [0.15, 0.2) is 0 Å². The highest BCUT2D eigenvalue weighted by Crippen LogP contribution is 2.43. The first-order chi connectivity index (χ1) is 6.35. The van der Waals surface area contributed by atoms with Gasteiger partial charge in [0.05, 0.1) is 0 Å². The molecule has 1 aliphatic heterocycles. The molecule has 2 fully saturated rings. The Morgan fingerprint density at radius 2 is 1.69 bits per heavy atom. The zero-order valence-electron chi connectivity index (χ0n) is 8.64. The van der Waals surface area contributed by atoms with E-state index in [4.69, 9.17) is 4.74 Å². The molecular formula is C11H21NO. The molecule has 2 rings (SSSR count). The van der Waals surface area contributed by atoms with Crippen molar-refractivity contribution in [2.24, 2.45) is 5.41 Å². The first kappa shape index (κ1) is 9.47. The molecule has 0 radical (unpaired) electrons. The summed E-state index contributed by atoms with van der Waals surface area (Å²) in [6.07, 6.45) is 8.20. The van der Waals surface area contributed by atoms with Crippen LogP contribution in [0.1, 0.15) is 38.5 Å². The SMILES string of the molecule is CNC1CCC2(CCOCC2)CC1. The Morgan fingerprint density at radius 3 is 2.23 bits per heavy atom. The van der Waals surface area contributed by atoms with Gasteiger partial charge >= 0.3 is 0 Å². The van der Waals surface area contributed by atoms with Gasteiger partial charge in [0.1, 0.15) is 0 Å². The molecule has 76 valence electrons. The summed E-state index contributed by atoms with van der Waals surface area (Å²) in [5.74, 6) is 0. The summed E-state index contributed by atoms with van der Waals surface area (Å²) in [4.78, 5) is 0. The molecule has 0 unspecified atom stereocenters. The van der Waals surface area contributed by atoms with Gasteiger partial charge in [0.2, 0.25) is 0 Å². The fraction of sp³-hybridized carbons (Fsp3) is 1.00. The van der Waals surface area contributed by atoms with Crippen molar-refractivity contribution in [3.8, 4) is 0 Å². The molecule has 1 saturated carbocycles. The normalized spacial score (nSPS) is 29.3. The van der Waals surface area contributed by atoms with Gasteiger partial charge in [-0.3, -0.25) is 0 Å². The molecule has 1 saturated heterocycles. The highest BCUT2D eigenvalue weighted by atomic mass is 16.5. The predicted molar refractivity (Wildman–Crippen MR) is 53.8 cm³/mol. The highest BCUT2D eigenvalue weighted by Gasteiger charge is 2.35. The number of rotatable bonds is 1. The lowest BCUT2D eigenvalue weighted by Gasteiger charge is -2.42. The number of nitrogens with one attached hydrogen (secondary N) is 1. The van der Waals surface area contributed by atoms with Gasteiger partial charge in [0.25, 0.3) is 0 Å². The van der Waals surface area contributed by atoms with Crippen LogP contribution in [-0.4, -0.2) is 26.3 Å². The molecule has 0 aromatic carbocycles. The third-order valence-corrected chi connectivity index (χ3v) is 4.01. The summed E-state index contributed by atoms with van der Waals surface area (Å²) < 4.78 is 5.43. The molecule has 1 N–H and O–H groups in total. The largest absolute Gasteiger partial charge is 0.381 e. The molecule has 1 aliphatic carbocycles. The van der Waals surface area contributed by atoms with Crippen LogP contribution >= 0.6 is 0 Å². The summed E-state index contributed by atoms with van der Waals surface area (Å²) in [6.45, 7) is 2.01. The predicted octanol–water partition coefficient (Wildman–Crippen LogP) is 1.95.